The zero-order valence-electron chi connectivity index (χ0n) is 16.7. The molecule has 7 nitrogen and oxygen atoms in total. The van der Waals surface area contributed by atoms with Gasteiger partial charge in [-0.1, -0.05) is 24.3 Å². The van der Waals surface area contributed by atoms with E-state index in [4.69, 9.17) is 10.00 Å². The van der Waals surface area contributed by atoms with Crippen molar-refractivity contribution in [3.63, 3.8) is 0 Å². The van der Waals surface area contributed by atoms with Crippen LogP contribution in [-0.2, 0) is 16.1 Å². The van der Waals surface area contributed by atoms with E-state index in [2.05, 4.69) is 16.7 Å². The zero-order chi connectivity index (χ0) is 21.5. The van der Waals surface area contributed by atoms with Gasteiger partial charge in [0.25, 0.3) is 0 Å². The molecule has 0 aromatic heterocycles. The molecule has 1 heterocycles. The highest BCUT2D eigenvalue weighted by molar-refractivity contribution is 5.90. The summed E-state index contributed by atoms with van der Waals surface area (Å²) in [6.45, 7) is 3.11. The average Bonchev–Trinajstić information content (AvgIpc) is 3.11. The van der Waals surface area contributed by atoms with Crippen LogP contribution in [0.5, 0.6) is 0 Å². The Kier molecular flexibility index (Phi) is 6.99. The maximum absolute atomic E-state index is 14.8. The lowest BCUT2D eigenvalue weighted by Gasteiger charge is -2.15. The number of rotatable bonds is 8. The van der Waals surface area contributed by atoms with E-state index < -0.39 is 18.0 Å². The number of nitrogens with zero attached hydrogens (tertiary/aromatic N) is 2. The average molecular weight is 410 g/mol. The van der Waals surface area contributed by atoms with Crippen LogP contribution in [0.3, 0.4) is 0 Å². The van der Waals surface area contributed by atoms with E-state index in [0.29, 0.717) is 30.8 Å². The van der Waals surface area contributed by atoms with E-state index >= 15 is 0 Å². The Labute approximate surface area is 174 Å². The van der Waals surface area contributed by atoms with E-state index in [1.54, 1.807) is 12.1 Å². The summed E-state index contributed by atoms with van der Waals surface area (Å²) in [6.07, 6.45) is -0.585. The number of nitrogens with one attached hydrogen (secondary N) is 2. The summed E-state index contributed by atoms with van der Waals surface area (Å²) in [4.78, 5) is 24.5. The first kappa shape index (κ1) is 21.3. The molecular weight excluding hydrogens is 387 g/mol. The number of carbonyl (C=O) groups is 2. The molecule has 8 heteroatoms. The van der Waals surface area contributed by atoms with Crippen LogP contribution in [0.25, 0.3) is 11.1 Å². The van der Waals surface area contributed by atoms with Crippen LogP contribution >= 0.6 is 0 Å². The molecule has 0 aliphatic carbocycles. The minimum atomic E-state index is -0.564. The minimum Gasteiger partial charge on any atom is -0.442 e. The highest BCUT2D eigenvalue weighted by Crippen LogP contribution is 2.29. The Balaban J connectivity index is 1.66. The number of benzene rings is 2. The number of anilines is 1. The molecule has 2 N–H and O–H groups in total. The fourth-order valence-electron chi connectivity index (χ4n) is 3.18. The van der Waals surface area contributed by atoms with Gasteiger partial charge < -0.3 is 15.4 Å². The predicted molar refractivity (Wildman–Crippen MR) is 110 cm³/mol. The molecule has 0 saturated carbocycles. The van der Waals surface area contributed by atoms with Crippen LogP contribution in [0, 0.1) is 17.1 Å². The van der Waals surface area contributed by atoms with Crippen molar-refractivity contribution in [2.24, 2.45) is 0 Å². The van der Waals surface area contributed by atoms with Gasteiger partial charge in [-0.3, -0.25) is 9.69 Å². The quantitative estimate of drug-likeness (QED) is 0.653. The van der Waals surface area contributed by atoms with Crippen molar-refractivity contribution in [3.05, 3.63) is 53.8 Å². The number of nitriles is 1. The largest absolute Gasteiger partial charge is 0.442 e. The number of hydrogen-bond donors (Lipinski definition) is 2. The van der Waals surface area contributed by atoms with Gasteiger partial charge in [-0.15, -0.1) is 0 Å². The molecule has 0 radical (unpaired) electrons. The maximum atomic E-state index is 14.8. The molecule has 156 valence electrons. The fourth-order valence-corrected chi connectivity index (χ4v) is 3.18. The summed E-state index contributed by atoms with van der Waals surface area (Å²) >= 11 is 0. The lowest BCUT2D eigenvalue weighted by molar-refractivity contribution is -0.119. The van der Waals surface area contributed by atoms with Crippen molar-refractivity contribution in [1.82, 2.24) is 10.6 Å². The molecule has 3 rings (SSSR count). The van der Waals surface area contributed by atoms with Gasteiger partial charge in [0.15, 0.2) is 0 Å². The number of ether oxygens (including phenoxy) is 1. The Morgan fingerprint density at radius 3 is 2.73 bits per heavy atom. The van der Waals surface area contributed by atoms with E-state index in [0.717, 1.165) is 11.1 Å². The summed E-state index contributed by atoms with van der Waals surface area (Å²) in [5, 5.41) is 14.3. The second-order valence-electron chi connectivity index (χ2n) is 7.00. The molecule has 1 saturated heterocycles. The number of carbonyl (C=O) groups excluding carboxylic acids is 2. The number of hydrogen-bond acceptors (Lipinski definition) is 5. The normalized spacial score (nSPS) is 15.6. The monoisotopic (exact) mass is 410 g/mol. The smallest absolute Gasteiger partial charge is 0.414 e. The van der Waals surface area contributed by atoms with Crippen molar-refractivity contribution in [1.29, 1.82) is 5.26 Å². The summed E-state index contributed by atoms with van der Waals surface area (Å²) in [5.41, 5.74) is 2.61. The first-order chi connectivity index (χ1) is 14.5. The van der Waals surface area contributed by atoms with Crippen molar-refractivity contribution in [2.75, 3.05) is 24.5 Å². The summed E-state index contributed by atoms with van der Waals surface area (Å²) < 4.78 is 20.0. The molecule has 1 aliphatic heterocycles. The van der Waals surface area contributed by atoms with Crippen molar-refractivity contribution >= 4 is 17.7 Å². The Morgan fingerprint density at radius 1 is 1.30 bits per heavy atom. The molecule has 2 aromatic carbocycles. The van der Waals surface area contributed by atoms with Crippen molar-refractivity contribution in [3.8, 4) is 17.2 Å². The molecule has 1 atom stereocenters. The van der Waals surface area contributed by atoms with Gasteiger partial charge in [-0.05, 0) is 29.3 Å². The molecule has 1 fully saturated rings. The third-order valence-corrected chi connectivity index (χ3v) is 4.72. The lowest BCUT2D eigenvalue weighted by atomic mass is 10.0. The molecule has 1 aliphatic rings. The molecule has 0 spiro atoms. The molecular formula is C22H23FN4O3. The highest BCUT2D eigenvalue weighted by atomic mass is 19.1. The Bertz CT molecular complexity index is 956. The first-order valence-electron chi connectivity index (χ1n) is 9.67. The Hall–Kier alpha value is -3.44. The van der Waals surface area contributed by atoms with Crippen LogP contribution in [0.2, 0.25) is 0 Å². The van der Waals surface area contributed by atoms with Gasteiger partial charge in [0.05, 0.1) is 24.8 Å². The van der Waals surface area contributed by atoms with E-state index in [1.807, 2.05) is 24.3 Å². The van der Waals surface area contributed by atoms with Gasteiger partial charge >= 0.3 is 6.09 Å². The maximum Gasteiger partial charge on any atom is 0.414 e. The second kappa shape index (κ2) is 9.85. The van der Waals surface area contributed by atoms with Crippen LogP contribution in [0.1, 0.15) is 18.9 Å². The third-order valence-electron chi connectivity index (χ3n) is 4.72. The molecule has 2 aromatic rings. The predicted octanol–water partition coefficient (Wildman–Crippen LogP) is 2.96. The van der Waals surface area contributed by atoms with Crippen LogP contribution < -0.4 is 15.5 Å². The Morgan fingerprint density at radius 2 is 2.07 bits per heavy atom. The topological polar surface area (TPSA) is 94.5 Å². The molecule has 1 unspecified atom stereocenters. The summed E-state index contributed by atoms with van der Waals surface area (Å²) in [6, 6.07) is 14.2. The van der Waals surface area contributed by atoms with Crippen LogP contribution in [-0.4, -0.2) is 37.7 Å². The summed E-state index contributed by atoms with van der Waals surface area (Å²) in [7, 11) is 0. The molecule has 0 bridgehead atoms. The molecule has 2 amide bonds. The van der Waals surface area contributed by atoms with E-state index in [-0.39, 0.29) is 19.0 Å². The van der Waals surface area contributed by atoms with Crippen molar-refractivity contribution in [2.45, 2.75) is 26.0 Å². The zero-order valence-corrected chi connectivity index (χ0v) is 16.7. The number of halogens is 1. The van der Waals surface area contributed by atoms with Crippen LogP contribution in [0.15, 0.2) is 42.5 Å². The molecule has 30 heavy (non-hydrogen) atoms. The standard InChI is InChI=1S/C22H23FN4O3/c1-15(28)26-13-19-14-27(22(29)30-19)18-7-8-20(21(23)11-18)17-5-3-16(4-6-17)12-25-10-2-9-24/h3-8,11,19,25H,2,10,12-14H2,1H3,(H,26,28). The van der Waals surface area contributed by atoms with Crippen LogP contribution in [0.4, 0.5) is 14.9 Å². The first-order valence-corrected chi connectivity index (χ1v) is 9.67. The summed E-state index contributed by atoms with van der Waals surface area (Å²) in [5.74, 6) is -0.644. The van der Waals surface area contributed by atoms with Gasteiger partial charge in [-0.2, -0.15) is 5.26 Å². The third kappa shape index (κ3) is 5.33. The highest BCUT2D eigenvalue weighted by Gasteiger charge is 2.32. The fraction of sp³-hybridized carbons (Fsp3) is 0.318. The van der Waals surface area contributed by atoms with Gasteiger partial charge in [-0.25, -0.2) is 9.18 Å². The van der Waals surface area contributed by atoms with E-state index in [1.165, 1.54) is 17.9 Å². The lowest BCUT2D eigenvalue weighted by Crippen LogP contribution is -2.33. The van der Waals surface area contributed by atoms with Gasteiger partial charge in [0, 0.05) is 32.0 Å². The SMILES string of the molecule is CC(=O)NCC1CN(c2ccc(-c3ccc(CNCCC#N)cc3)c(F)c2)C(=O)O1. The number of cyclic esters (lactones) is 1. The second-order valence-corrected chi connectivity index (χ2v) is 7.00. The van der Waals surface area contributed by atoms with Gasteiger partial charge in [0.1, 0.15) is 11.9 Å². The number of amides is 2. The van der Waals surface area contributed by atoms with Crippen molar-refractivity contribution < 1.29 is 18.7 Å². The van der Waals surface area contributed by atoms with E-state index in [9.17, 15) is 14.0 Å². The van der Waals surface area contributed by atoms with Gasteiger partial charge in [0.2, 0.25) is 5.91 Å². The minimum absolute atomic E-state index is 0.205.